The van der Waals surface area contributed by atoms with Crippen LogP contribution in [0.4, 0.5) is 10.5 Å². The highest BCUT2D eigenvalue weighted by Crippen LogP contribution is 2.35. The molecule has 0 radical (unpaired) electrons. The number of benzene rings is 2. The number of ether oxygens (including phenoxy) is 2. The second kappa shape index (κ2) is 15.4. The molecule has 0 saturated carbocycles. The minimum absolute atomic E-state index is 0.000128. The maximum atomic E-state index is 12.7. The van der Waals surface area contributed by atoms with E-state index >= 15 is 0 Å². The third-order valence-corrected chi connectivity index (χ3v) is 7.61. The summed E-state index contributed by atoms with van der Waals surface area (Å²) < 4.78 is 11.7. The van der Waals surface area contributed by atoms with Crippen LogP contribution in [0.15, 0.2) is 42.5 Å². The summed E-state index contributed by atoms with van der Waals surface area (Å²) in [6.07, 6.45) is -0.814. The van der Waals surface area contributed by atoms with Gasteiger partial charge in [0.2, 0.25) is 0 Å². The van der Waals surface area contributed by atoms with Crippen LogP contribution in [-0.2, 0) is 28.0 Å². The van der Waals surface area contributed by atoms with Gasteiger partial charge in [-0.2, -0.15) is 0 Å². The Morgan fingerprint density at radius 3 is 2.18 bits per heavy atom. The number of hydrogen-bond donors (Lipinski definition) is 3. The Morgan fingerprint density at radius 1 is 1.00 bits per heavy atom. The van der Waals surface area contributed by atoms with Crippen molar-refractivity contribution in [1.29, 1.82) is 0 Å². The van der Waals surface area contributed by atoms with Crippen LogP contribution >= 0.6 is 0 Å². The van der Waals surface area contributed by atoms with Gasteiger partial charge in [-0.05, 0) is 80.5 Å². The molecule has 3 N–H and O–H groups in total. The fraction of sp³-hybridized carbons (Fsp3) is 0.588. The molecule has 4 atom stereocenters. The standard InChI is InChI=1S/C34H50N2O8/c1-21(2)25(19-27(29(37)16-22(3)31(38)39)35-32(40)44-34(7,8)9)17-23-14-15-26(33(4,5)6)30(18-23)43-20-24-12-10-11-13-28(24)36(41)42/h10-15,18,21-22,25,27,29,37H,16-17,19-20H2,1-9H3,(H,35,40)(H,38,39)/t22?,25-,27-,29-/m0/s1. The van der Waals surface area contributed by atoms with Crippen LogP contribution in [0, 0.1) is 27.9 Å². The van der Waals surface area contributed by atoms with E-state index in [9.17, 15) is 29.9 Å². The van der Waals surface area contributed by atoms with Crippen LogP contribution in [0.3, 0.4) is 0 Å². The number of rotatable bonds is 14. The average Bonchev–Trinajstić information content (AvgIpc) is 2.89. The van der Waals surface area contributed by atoms with Crippen LogP contribution in [-0.4, -0.2) is 44.9 Å². The molecule has 2 aromatic rings. The van der Waals surface area contributed by atoms with E-state index < -0.39 is 40.7 Å². The first-order chi connectivity index (χ1) is 20.3. The number of para-hydroxylation sites is 1. The number of nitro benzene ring substituents is 1. The summed E-state index contributed by atoms with van der Waals surface area (Å²) >= 11 is 0. The zero-order chi connectivity index (χ0) is 33.4. The molecule has 0 spiro atoms. The molecule has 2 aromatic carbocycles. The van der Waals surface area contributed by atoms with E-state index in [0.29, 0.717) is 24.2 Å². The van der Waals surface area contributed by atoms with Crippen molar-refractivity contribution in [2.75, 3.05) is 0 Å². The van der Waals surface area contributed by atoms with Gasteiger partial charge in [-0.3, -0.25) is 14.9 Å². The van der Waals surface area contributed by atoms with Crippen LogP contribution in [0.1, 0.15) is 91.8 Å². The smallest absolute Gasteiger partial charge is 0.407 e. The highest BCUT2D eigenvalue weighted by Gasteiger charge is 2.31. The second-order valence-electron chi connectivity index (χ2n) is 14.0. The predicted octanol–water partition coefficient (Wildman–Crippen LogP) is 7.04. The summed E-state index contributed by atoms with van der Waals surface area (Å²) in [6.45, 7) is 17.2. The van der Waals surface area contributed by atoms with Gasteiger partial charge in [-0.1, -0.05) is 65.8 Å². The number of aliphatic hydroxyl groups excluding tert-OH is 1. The van der Waals surface area contributed by atoms with E-state index in [1.807, 2.05) is 18.2 Å². The number of carboxylic acids is 1. The minimum atomic E-state index is -1.10. The van der Waals surface area contributed by atoms with E-state index in [0.717, 1.165) is 11.1 Å². The largest absolute Gasteiger partial charge is 0.488 e. The topological polar surface area (TPSA) is 148 Å². The number of nitro groups is 1. The Hall–Kier alpha value is -3.66. The molecule has 0 aliphatic carbocycles. The van der Waals surface area contributed by atoms with Crippen molar-refractivity contribution in [2.45, 2.75) is 111 Å². The molecule has 10 heteroatoms. The molecule has 1 unspecified atom stereocenters. The number of carbonyl (C=O) groups is 2. The Morgan fingerprint density at radius 2 is 1.64 bits per heavy atom. The van der Waals surface area contributed by atoms with E-state index in [-0.39, 0.29) is 36.0 Å². The Labute approximate surface area is 261 Å². The van der Waals surface area contributed by atoms with E-state index in [1.54, 1.807) is 39.0 Å². The summed E-state index contributed by atoms with van der Waals surface area (Å²) in [5.41, 5.74) is 1.42. The van der Waals surface area contributed by atoms with E-state index in [4.69, 9.17) is 9.47 Å². The molecular weight excluding hydrogens is 564 g/mol. The van der Waals surface area contributed by atoms with Gasteiger partial charge in [0.15, 0.2) is 0 Å². The third-order valence-electron chi connectivity index (χ3n) is 7.61. The molecule has 10 nitrogen and oxygen atoms in total. The van der Waals surface area contributed by atoms with Crippen LogP contribution in [0.25, 0.3) is 0 Å². The quantitative estimate of drug-likeness (QED) is 0.152. The van der Waals surface area contributed by atoms with Crippen LogP contribution in [0.2, 0.25) is 0 Å². The monoisotopic (exact) mass is 614 g/mol. The maximum absolute atomic E-state index is 12.7. The first kappa shape index (κ1) is 36.5. The molecule has 2 rings (SSSR count). The van der Waals surface area contributed by atoms with Crippen LogP contribution < -0.4 is 10.1 Å². The van der Waals surface area contributed by atoms with E-state index in [1.165, 1.54) is 13.0 Å². The third kappa shape index (κ3) is 11.4. The highest BCUT2D eigenvalue weighted by atomic mass is 16.6. The summed E-state index contributed by atoms with van der Waals surface area (Å²) in [4.78, 5) is 35.3. The first-order valence-corrected chi connectivity index (χ1v) is 15.2. The van der Waals surface area contributed by atoms with Crippen molar-refractivity contribution >= 4 is 17.7 Å². The molecule has 244 valence electrons. The van der Waals surface area contributed by atoms with Crippen molar-refractivity contribution in [3.8, 4) is 5.75 Å². The average molecular weight is 615 g/mol. The lowest BCUT2D eigenvalue weighted by atomic mass is 9.80. The fourth-order valence-corrected chi connectivity index (χ4v) is 5.02. The van der Waals surface area contributed by atoms with Gasteiger partial charge in [-0.25, -0.2) is 4.79 Å². The van der Waals surface area contributed by atoms with Crippen molar-refractivity contribution in [3.05, 3.63) is 69.3 Å². The SMILES string of the molecule is CC(C[C@H](O)[C@H](C[C@H](Cc1ccc(C(C)(C)C)c(OCc2ccccc2[N+](=O)[O-])c1)C(C)C)NC(=O)OC(C)(C)C)C(=O)O. The van der Waals surface area contributed by atoms with Crippen molar-refractivity contribution in [1.82, 2.24) is 5.32 Å². The number of nitrogens with zero attached hydrogens (tertiary/aromatic N) is 1. The Kier molecular flexibility index (Phi) is 12.8. The summed E-state index contributed by atoms with van der Waals surface area (Å²) in [5, 5.41) is 34.8. The summed E-state index contributed by atoms with van der Waals surface area (Å²) in [6, 6.07) is 11.8. The molecular formula is C34H50N2O8. The second-order valence-corrected chi connectivity index (χ2v) is 14.0. The Bertz CT molecular complexity index is 1280. The summed E-state index contributed by atoms with van der Waals surface area (Å²) in [5.74, 6) is -1.04. The molecule has 0 bridgehead atoms. The molecule has 0 heterocycles. The molecule has 0 aliphatic heterocycles. The highest BCUT2D eigenvalue weighted by molar-refractivity contribution is 5.70. The predicted molar refractivity (Wildman–Crippen MR) is 170 cm³/mol. The zero-order valence-corrected chi connectivity index (χ0v) is 27.5. The number of nitrogens with one attached hydrogen (secondary N) is 1. The first-order valence-electron chi connectivity index (χ1n) is 15.2. The lowest BCUT2D eigenvalue weighted by molar-refractivity contribution is -0.385. The van der Waals surface area contributed by atoms with Gasteiger partial charge in [-0.15, -0.1) is 0 Å². The van der Waals surface area contributed by atoms with Crippen molar-refractivity contribution in [3.63, 3.8) is 0 Å². The van der Waals surface area contributed by atoms with Gasteiger partial charge < -0.3 is 25.0 Å². The number of alkyl carbamates (subject to hydrolysis) is 1. The molecule has 0 saturated heterocycles. The minimum Gasteiger partial charge on any atom is -0.488 e. The van der Waals surface area contributed by atoms with Gasteiger partial charge in [0, 0.05) is 6.07 Å². The van der Waals surface area contributed by atoms with Gasteiger partial charge in [0.1, 0.15) is 18.0 Å². The number of aliphatic hydroxyl groups is 1. The molecule has 44 heavy (non-hydrogen) atoms. The number of carboxylic acid groups (broad SMARTS) is 1. The van der Waals surface area contributed by atoms with Crippen molar-refractivity contribution < 1.29 is 34.2 Å². The lowest BCUT2D eigenvalue weighted by Crippen LogP contribution is -2.47. The Balaban J connectivity index is 2.37. The van der Waals surface area contributed by atoms with Crippen molar-refractivity contribution in [2.24, 2.45) is 17.8 Å². The number of hydrogen-bond acceptors (Lipinski definition) is 7. The number of amides is 1. The maximum Gasteiger partial charge on any atom is 0.407 e. The van der Waals surface area contributed by atoms with Gasteiger partial charge in [0.25, 0.3) is 5.69 Å². The molecule has 0 aliphatic rings. The lowest BCUT2D eigenvalue weighted by Gasteiger charge is -2.32. The number of carbonyl (C=O) groups excluding carboxylic acids is 1. The molecule has 0 fully saturated rings. The van der Waals surface area contributed by atoms with Gasteiger partial charge >= 0.3 is 12.1 Å². The normalized spacial score (nSPS) is 14.8. The molecule has 1 amide bonds. The fourth-order valence-electron chi connectivity index (χ4n) is 5.02. The van der Waals surface area contributed by atoms with E-state index in [2.05, 4.69) is 39.9 Å². The zero-order valence-electron chi connectivity index (χ0n) is 27.5. The molecule has 0 aromatic heterocycles. The van der Waals surface area contributed by atoms with Gasteiger partial charge in [0.05, 0.1) is 28.6 Å². The van der Waals surface area contributed by atoms with Crippen LogP contribution in [0.5, 0.6) is 5.75 Å². The number of aliphatic carboxylic acids is 1. The summed E-state index contributed by atoms with van der Waals surface area (Å²) in [7, 11) is 0.